The van der Waals surface area contributed by atoms with Gasteiger partial charge in [-0.25, -0.2) is 9.59 Å². The second-order valence-electron chi connectivity index (χ2n) is 6.58. The third kappa shape index (κ3) is 4.84. The molecule has 6 amide bonds. The van der Waals surface area contributed by atoms with Crippen molar-refractivity contribution in [3.05, 3.63) is 35.9 Å². The van der Waals surface area contributed by atoms with Gasteiger partial charge < -0.3 is 15.4 Å². The summed E-state index contributed by atoms with van der Waals surface area (Å²) in [5.41, 5.74) is -0.804. The number of hydrogen-bond donors (Lipinski definition) is 3. The fourth-order valence-corrected chi connectivity index (χ4v) is 2.54. The molecule has 1 aromatic carbocycles. The maximum absolute atomic E-state index is 12.4. The van der Waals surface area contributed by atoms with Gasteiger partial charge in [-0.2, -0.15) is 0 Å². The topological polar surface area (TPSA) is 134 Å². The number of benzene rings is 1. The molecule has 1 aliphatic heterocycles. The summed E-state index contributed by atoms with van der Waals surface area (Å²) < 4.78 is 5.20. The van der Waals surface area contributed by atoms with Crippen LogP contribution in [0, 0.1) is 0 Å². The maximum atomic E-state index is 12.4. The van der Waals surface area contributed by atoms with Crippen LogP contribution in [0.2, 0.25) is 0 Å². The quantitative estimate of drug-likeness (QED) is 0.477. The molecule has 1 atom stereocenters. The molecule has 3 N–H and O–H groups in total. The third-order valence-corrected chi connectivity index (χ3v) is 3.90. The van der Waals surface area contributed by atoms with Gasteiger partial charge in [0.05, 0.1) is 0 Å². The van der Waals surface area contributed by atoms with Crippen LogP contribution in [-0.2, 0) is 19.1 Å². The Labute approximate surface area is 161 Å². The predicted octanol–water partition coefficient (Wildman–Crippen LogP) is 0.447. The molecule has 0 unspecified atom stereocenters. The van der Waals surface area contributed by atoms with E-state index in [4.69, 9.17) is 4.74 Å². The summed E-state index contributed by atoms with van der Waals surface area (Å²) in [4.78, 5) is 61.2. The van der Waals surface area contributed by atoms with Crippen molar-refractivity contribution in [3.8, 4) is 0 Å². The van der Waals surface area contributed by atoms with E-state index in [2.05, 4.69) is 16.0 Å². The molecule has 1 aliphatic rings. The van der Waals surface area contributed by atoms with Crippen LogP contribution in [0.25, 0.3) is 0 Å². The van der Waals surface area contributed by atoms with E-state index in [0.29, 0.717) is 17.0 Å². The Morgan fingerprint density at radius 1 is 1.18 bits per heavy atom. The molecule has 1 saturated heterocycles. The number of hydrogen-bond acceptors (Lipinski definition) is 6. The van der Waals surface area contributed by atoms with Gasteiger partial charge in [-0.1, -0.05) is 30.3 Å². The minimum absolute atomic E-state index is 0.302. The summed E-state index contributed by atoms with van der Waals surface area (Å²) in [6.07, 6.45) is -1.43. The predicted molar refractivity (Wildman–Crippen MR) is 96.8 cm³/mol. The number of nitrogens with one attached hydrogen (secondary N) is 3. The molecule has 0 spiro atoms. The highest BCUT2D eigenvalue weighted by atomic mass is 16.5. The standard InChI is InChI=1S/C18H22N4O6/c1-4-19-16(26)20-14(24)13(11-8-6-5-7-9-11)28-12(23)10-22-15(25)18(2,3)21-17(22)27/h5-9,13H,4,10H2,1-3H3,(H,21,27)(H2,19,20,24,26)/t13-/m0/s1. The normalized spacial score (nSPS) is 16.2. The maximum Gasteiger partial charge on any atom is 0.327 e. The van der Waals surface area contributed by atoms with E-state index in [1.54, 1.807) is 37.3 Å². The number of amides is 6. The zero-order valence-electron chi connectivity index (χ0n) is 15.8. The van der Waals surface area contributed by atoms with Crippen LogP contribution in [0.3, 0.4) is 0 Å². The molecule has 1 aromatic rings. The van der Waals surface area contributed by atoms with E-state index < -0.39 is 48.0 Å². The SMILES string of the molecule is CCNC(=O)NC(=O)[C@@H](OC(=O)CN1C(=O)NC(C)(C)C1=O)c1ccccc1. The molecule has 0 saturated carbocycles. The minimum atomic E-state index is -1.43. The monoisotopic (exact) mass is 390 g/mol. The van der Waals surface area contributed by atoms with Crippen LogP contribution < -0.4 is 16.0 Å². The Hall–Kier alpha value is -3.43. The first-order valence-corrected chi connectivity index (χ1v) is 8.63. The van der Waals surface area contributed by atoms with Crippen LogP contribution in [0.15, 0.2) is 30.3 Å². The van der Waals surface area contributed by atoms with Crippen molar-refractivity contribution < 1.29 is 28.7 Å². The van der Waals surface area contributed by atoms with Crippen LogP contribution >= 0.6 is 0 Å². The summed E-state index contributed by atoms with van der Waals surface area (Å²) in [5.74, 6) is -2.42. The summed E-state index contributed by atoms with van der Waals surface area (Å²) in [6, 6.07) is 6.61. The molecule has 10 heteroatoms. The molecule has 150 valence electrons. The molecule has 28 heavy (non-hydrogen) atoms. The highest BCUT2D eigenvalue weighted by molar-refractivity contribution is 6.08. The lowest BCUT2D eigenvalue weighted by Gasteiger charge is -2.20. The fraction of sp³-hybridized carbons (Fsp3) is 0.389. The van der Waals surface area contributed by atoms with E-state index in [9.17, 15) is 24.0 Å². The lowest BCUT2D eigenvalue weighted by atomic mass is 10.1. The molecular formula is C18H22N4O6. The molecule has 0 aliphatic carbocycles. The van der Waals surface area contributed by atoms with E-state index >= 15 is 0 Å². The molecule has 10 nitrogen and oxygen atoms in total. The van der Waals surface area contributed by atoms with Crippen molar-refractivity contribution in [3.63, 3.8) is 0 Å². The van der Waals surface area contributed by atoms with Crippen molar-refractivity contribution in [1.29, 1.82) is 0 Å². The smallest absolute Gasteiger partial charge is 0.327 e. The van der Waals surface area contributed by atoms with Gasteiger partial charge in [-0.3, -0.25) is 24.6 Å². The number of rotatable bonds is 6. The number of carbonyl (C=O) groups is 5. The fourth-order valence-electron chi connectivity index (χ4n) is 2.54. The van der Waals surface area contributed by atoms with Gasteiger partial charge in [0.15, 0.2) is 0 Å². The van der Waals surface area contributed by atoms with Gasteiger partial charge in [-0.15, -0.1) is 0 Å². The molecule has 2 rings (SSSR count). The number of urea groups is 2. The summed E-state index contributed by atoms with van der Waals surface area (Å²) in [6.45, 7) is 4.33. The Kier molecular flexibility index (Phi) is 6.34. The first-order valence-electron chi connectivity index (χ1n) is 8.63. The number of esters is 1. The Bertz CT molecular complexity index is 793. The van der Waals surface area contributed by atoms with Crippen LogP contribution in [0.5, 0.6) is 0 Å². The van der Waals surface area contributed by atoms with Gasteiger partial charge in [-0.05, 0) is 20.8 Å². The van der Waals surface area contributed by atoms with E-state index in [-0.39, 0.29) is 0 Å². The summed E-state index contributed by atoms with van der Waals surface area (Å²) in [5, 5.41) is 6.93. The van der Waals surface area contributed by atoms with Crippen molar-refractivity contribution in [2.45, 2.75) is 32.4 Å². The number of nitrogens with zero attached hydrogens (tertiary/aromatic N) is 1. The van der Waals surface area contributed by atoms with Crippen LogP contribution in [0.4, 0.5) is 9.59 Å². The Morgan fingerprint density at radius 2 is 1.82 bits per heavy atom. The first-order chi connectivity index (χ1) is 13.2. The lowest BCUT2D eigenvalue weighted by Crippen LogP contribution is -2.44. The van der Waals surface area contributed by atoms with E-state index in [0.717, 1.165) is 0 Å². The van der Waals surface area contributed by atoms with Crippen molar-refractivity contribution in [2.24, 2.45) is 0 Å². The second-order valence-corrected chi connectivity index (χ2v) is 6.58. The Morgan fingerprint density at radius 3 is 2.36 bits per heavy atom. The highest BCUT2D eigenvalue weighted by Crippen LogP contribution is 2.20. The number of ether oxygens (including phenoxy) is 1. The van der Waals surface area contributed by atoms with E-state index in [1.165, 1.54) is 13.8 Å². The Balaban J connectivity index is 2.13. The van der Waals surface area contributed by atoms with Crippen molar-refractivity contribution in [2.75, 3.05) is 13.1 Å². The molecular weight excluding hydrogens is 368 g/mol. The van der Waals surface area contributed by atoms with Gasteiger partial charge >= 0.3 is 18.0 Å². The third-order valence-electron chi connectivity index (χ3n) is 3.90. The molecule has 0 bridgehead atoms. The average Bonchev–Trinajstić information content (AvgIpc) is 2.82. The van der Waals surface area contributed by atoms with Gasteiger partial charge in [0.25, 0.3) is 11.8 Å². The van der Waals surface area contributed by atoms with Crippen LogP contribution in [0.1, 0.15) is 32.4 Å². The number of imide groups is 2. The zero-order valence-corrected chi connectivity index (χ0v) is 15.8. The van der Waals surface area contributed by atoms with Crippen molar-refractivity contribution >= 4 is 29.8 Å². The molecule has 0 radical (unpaired) electrons. The average molecular weight is 390 g/mol. The molecule has 0 aromatic heterocycles. The van der Waals surface area contributed by atoms with Crippen molar-refractivity contribution in [1.82, 2.24) is 20.9 Å². The summed E-state index contributed by atoms with van der Waals surface area (Å²) in [7, 11) is 0. The second kappa shape index (κ2) is 8.51. The van der Waals surface area contributed by atoms with Crippen LogP contribution in [-0.4, -0.2) is 53.4 Å². The highest BCUT2D eigenvalue weighted by Gasteiger charge is 2.45. The summed E-state index contributed by atoms with van der Waals surface area (Å²) >= 11 is 0. The van der Waals surface area contributed by atoms with E-state index in [1.807, 2.05) is 0 Å². The van der Waals surface area contributed by atoms with Gasteiger partial charge in [0.1, 0.15) is 12.1 Å². The zero-order chi connectivity index (χ0) is 20.9. The van der Waals surface area contributed by atoms with Gasteiger partial charge in [0.2, 0.25) is 6.10 Å². The lowest BCUT2D eigenvalue weighted by molar-refractivity contribution is -0.157. The largest absolute Gasteiger partial charge is 0.446 e. The molecule has 1 fully saturated rings. The first kappa shape index (κ1) is 20.9. The molecule has 1 heterocycles. The number of carbonyl (C=O) groups excluding carboxylic acids is 5. The minimum Gasteiger partial charge on any atom is -0.446 e. The van der Waals surface area contributed by atoms with Gasteiger partial charge in [0, 0.05) is 12.1 Å².